The van der Waals surface area contributed by atoms with Gasteiger partial charge in [0.05, 0.1) is 18.5 Å². The Kier molecular flexibility index (Phi) is 2.38. The SMILES string of the molecule is C#CCN1CCc2cccc(-c3ccco3)c21. The number of nitrogens with zero attached hydrogens (tertiary/aromatic N) is 1. The number of hydrogen-bond donors (Lipinski definition) is 0. The van der Waals surface area contributed by atoms with Crippen molar-refractivity contribution in [1.82, 2.24) is 0 Å². The molecule has 0 spiro atoms. The van der Waals surface area contributed by atoms with Crippen LogP contribution < -0.4 is 4.90 Å². The number of hydrogen-bond acceptors (Lipinski definition) is 2. The molecule has 3 rings (SSSR count). The van der Waals surface area contributed by atoms with Gasteiger partial charge in [-0.1, -0.05) is 18.1 Å². The van der Waals surface area contributed by atoms with E-state index in [-0.39, 0.29) is 0 Å². The molecule has 0 radical (unpaired) electrons. The highest BCUT2D eigenvalue weighted by Gasteiger charge is 2.22. The van der Waals surface area contributed by atoms with E-state index < -0.39 is 0 Å². The molecule has 2 heteroatoms. The summed E-state index contributed by atoms with van der Waals surface area (Å²) in [6, 6.07) is 10.2. The average molecular weight is 223 g/mol. The van der Waals surface area contributed by atoms with E-state index in [4.69, 9.17) is 10.8 Å². The van der Waals surface area contributed by atoms with Gasteiger partial charge in [0.15, 0.2) is 0 Å². The van der Waals surface area contributed by atoms with Crippen LogP contribution in [0.3, 0.4) is 0 Å². The molecule has 1 aromatic carbocycles. The zero-order valence-corrected chi connectivity index (χ0v) is 9.52. The molecule has 1 aliphatic rings. The second-order valence-electron chi connectivity index (χ2n) is 4.17. The van der Waals surface area contributed by atoms with Crippen molar-refractivity contribution in [3.05, 3.63) is 42.2 Å². The molecule has 0 saturated carbocycles. The van der Waals surface area contributed by atoms with Crippen LogP contribution in [0.1, 0.15) is 5.56 Å². The lowest BCUT2D eigenvalue weighted by Crippen LogP contribution is -2.20. The molecule has 2 aromatic rings. The van der Waals surface area contributed by atoms with Gasteiger partial charge < -0.3 is 9.32 Å². The van der Waals surface area contributed by atoms with Gasteiger partial charge in [-0.2, -0.15) is 0 Å². The first kappa shape index (κ1) is 10.0. The van der Waals surface area contributed by atoms with Gasteiger partial charge in [-0.05, 0) is 30.2 Å². The Morgan fingerprint density at radius 2 is 2.24 bits per heavy atom. The number of furan rings is 1. The van der Waals surface area contributed by atoms with Crippen molar-refractivity contribution in [2.24, 2.45) is 0 Å². The number of benzene rings is 1. The highest BCUT2D eigenvalue weighted by Crippen LogP contribution is 2.37. The summed E-state index contributed by atoms with van der Waals surface area (Å²) in [5, 5.41) is 0. The van der Waals surface area contributed by atoms with Crippen molar-refractivity contribution in [1.29, 1.82) is 0 Å². The number of fused-ring (bicyclic) bond motifs is 1. The third kappa shape index (κ3) is 1.60. The van der Waals surface area contributed by atoms with Crippen LogP contribution in [-0.4, -0.2) is 13.1 Å². The minimum Gasteiger partial charge on any atom is -0.464 e. The quantitative estimate of drug-likeness (QED) is 0.728. The molecule has 0 unspecified atom stereocenters. The number of rotatable bonds is 2. The van der Waals surface area contributed by atoms with E-state index in [2.05, 4.69) is 29.0 Å². The van der Waals surface area contributed by atoms with Gasteiger partial charge in [-0.25, -0.2) is 0 Å². The summed E-state index contributed by atoms with van der Waals surface area (Å²) in [6.45, 7) is 1.65. The average Bonchev–Trinajstić information content (AvgIpc) is 2.98. The molecule has 0 saturated heterocycles. The van der Waals surface area contributed by atoms with Crippen molar-refractivity contribution < 1.29 is 4.42 Å². The molecule has 0 amide bonds. The molecular weight excluding hydrogens is 210 g/mol. The summed E-state index contributed by atoms with van der Waals surface area (Å²) < 4.78 is 5.49. The van der Waals surface area contributed by atoms with E-state index in [1.54, 1.807) is 6.26 Å². The maximum Gasteiger partial charge on any atom is 0.135 e. The smallest absolute Gasteiger partial charge is 0.135 e. The lowest BCUT2D eigenvalue weighted by Gasteiger charge is -2.18. The summed E-state index contributed by atoms with van der Waals surface area (Å²) >= 11 is 0. The molecule has 0 fully saturated rings. The van der Waals surface area contributed by atoms with Crippen molar-refractivity contribution >= 4 is 5.69 Å². The van der Waals surface area contributed by atoms with E-state index >= 15 is 0 Å². The third-order valence-electron chi connectivity index (χ3n) is 3.16. The van der Waals surface area contributed by atoms with Crippen LogP contribution >= 0.6 is 0 Å². The Hall–Kier alpha value is -2.14. The predicted molar refractivity (Wildman–Crippen MR) is 68.9 cm³/mol. The summed E-state index contributed by atoms with van der Waals surface area (Å²) in [5.41, 5.74) is 3.73. The van der Waals surface area contributed by atoms with Crippen LogP contribution in [0.4, 0.5) is 5.69 Å². The van der Waals surface area contributed by atoms with Crippen LogP contribution in [0.5, 0.6) is 0 Å². The molecular formula is C15H13NO. The van der Waals surface area contributed by atoms with Crippen LogP contribution in [-0.2, 0) is 6.42 Å². The zero-order chi connectivity index (χ0) is 11.7. The fraction of sp³-hybridized carbons (Fsp3) is 0.200. The highest BCUT2D eigenvalue weighted by molar-refractivity contribution is 5.80. The van der Waals surface area contributed by atoms with E-state index in [0.29, 0.717) is 6.54 Å². The monoisotopic (exact) mass is 223 g/mol. The topological polar surface area (TPSA) is 16.4 Å². The normalized spacial score (nSPS) is 13.5. The summed E-state index contributed by atoms with van der Waals surface area (Å²) in [5.74, 6) is 3.63. The first-order chi connectivity index (χ1) is 8.40. The lowest BCUT2D eigenvalue weighted by atomic mass is 10.1. The molecule has 1 aliphatic heterocycles. The molecule has 0 aliphatic carbocycles. The van der Waals surface area contributed by atoms with Crippen molar-refractivity contribution in [3.63, 3.8) is 0 Å². The Labute approximate surface area is 101 Å². The van der Waals surface area contributed by atoms with Gasteiger partial charge in [0.1, 0.15) is 5.76 Å². The Morgan fingerprint density at radius 1 is 1.29 bits per heavy atom. The van der Waals surface area contributed by atoms with Crippen molar-refractivity contribution in [3.8, 4) is 23.7 Å². The van der Waals surface area contributed by atoms with Crippen molar-refractivity contribution in [2.75, 3.05) is 18.0 Å². The number of anilines is 1. The fourth-order valence-electron chi connectivity index (χ4n) is 2.43. The molecule has 84 valence electrons. The first-order valence-corrected chi connectivity index (χ1v) is 5.74. The van der Waals surface area contributed by atoms with Gasteiger partial charge in [0, 0.05) is 12.1 Å². The molecule has 2 nitrogen and oxygen atoms in total. The summed E-state index contributed by atoms with van der Waals surface area (Å²) in [6.07, 6.45) is 8.18. The number of para-hydroxylation sites is 1. The van der Waals surface area contributed by atoms with Gasteiger partial charge in [0.25, 0.3) is 0 Å². The molecule has 2 heterocycles. The molecule has 1 aromatic heterocycles. The minimum absolute atomic E-state index is 0.657. The lowest BCUT2D eigenvalue weighted by molar-refractivity contribution is 0.582. The number of terminal acetylenes is 1. The standard InChI is InChI=1S/C15H13NO/c1-2-9-16-10-8-12-5-3-6-13(15(12)16)14-7-4-11-17-14/h1,3-7,11H,8-10H2. The van der Waals surface area contributed by atoms with Gasteiger partial charge in [-0.3, -0.25) is 0 Å². The second kappa shape index (κ2) is 4.03. The molecule has 0 atom stereocenters. The Bertz CT molecular complexity index is 563. The van der Waals surface area contributed by atoms with E-state index in [0.717, 1.165) is 24.3 Å². The summed E-state index contributed by atoms with van der Waals surface area (Å²) in [4.78, 5) is 2.24. The first-order valence-electron chi connectivity index (χ1n) is 5.74. The van der Waals surface area contributed by atoms with E-state index in [1.165, 1.54) is 11.3 Å². The Balaban J connectivity index is 2.13. The maximum absolute atomic E-state index is 5.49. The van der Waals surface area contributed by atoms with E-state index in [9.17, 15) is 0 Å². The summed E-state index contributed by atoms with van der Waals surface area (Å²) in [7, 11) is 0. The molecule has 0 bridgehead atoms. The molecule has 17 heavy (non-hydrogen) atoms. The van der Waals surface area contributed by atoms with Gasteiger partial charge in [0.2, 0.25) is 0 Å². The predicted octanol–water partition coefficient (Wildman–Crippen LogP) is 2.94. The van der Waals surface area contributed by atoms with Crippen molar-refractivity contribution in [2.45, 2.75) is 6.42 Å². The van der Waals surface area contributed by atoms with Crippen LogP contribution in [0.25, 0.3) is 11.3 Å². The maximum atomic E-state index is 5.49. The van der Waals surface area contributed by atoms with Gasteiger partial charge in [-0.15, -0.1) is 6.42 Å². The van der Waals surface area contributed by atoms with Crippen LogP contribution in [0.15, 0.2) is 41.0 Å². The minimum atomic E-state index is 0.657. The fourth-order valence-corrected chi connectivity index (χ4v) is 2.43. The third-order valence-corrected chi connectivity index (χ3v) is 3.16. The zero-order valence-electron chi connectivity index (χ0n) is 9.52. The highest BCUT2D eigenvalue weighted by atomic mass is 16.3. The Morgan fingerprint density at radius 3 is 3.00 bits per heavy atom. The van der Waals surface area contributed by atoms with E-state index in [1.807, 2.05) is 12.1 Å². The van der Waals surface area contributed by atoms with Crippen LogP contribution in [0.2, 0.25) is 0 Å². The van der Waals surface area contributed by atoms with Crippen LogP contribution in [0, 0.1) is 12.3 Å². The van der Waals surface area contributed by atoms with Gasteiger partial charge >= 0.3 is 0 Å². The molecule has 0 N–H and O–H groups in total. The second-order valence-corrected chi connectivity index (χ2v) is 4.17. The largest absolute Gasteiger partial charge is 0.464 e.